The smallest absolute Gasteiger partial charge is 0.267 e. The molecule has 2 unspecified atom stereocenters. The van der Waals surface area contributed by atoms with Gasteiger partial charge >= 0.3 is 0 Å². The van der Waals surface area contributed by atoms with Crippen LogP contribution >= 0.6 is 7.82 Å². The van der Waals surface area contributed by atoms with E-state index in [2.05, 4.69) is 71.3 Å². The van der Waals surface area contributed by atoms with Crippen molar-refractivity contribution < 1.29 is 23.1 Å². The molecule has 1 heterocycles. The Labute approximate surface area is 280 Å². The van der Waals surface area contributed by atoms with Crippen LogP contribution in [-0.4, -0.2) is 18.2 Å². The normalized spacial score (nSPS) is 14.9. The number of H-pyrrole nitrogens is 1. The van der Waals surface area contributed by atoms with Gasteiger partial charge in [0.15, 0.2) is 0 Å². The van der Waals surface area contributed by atoms with E-state index in [1.165, 1.54) is 115 Å². The van der Waals surface area contributed by atoms with E-state index in [4.69, 9.17) is 9.05 Å². The molecule has 268 valence electrons. The number of rotatable bonds is 25. The lowest BCUT2D eigenvalue weighted by Gasteiger charge is -2.29. The number of aryl methyl sites for hydroxylation is 2. The quantitative estimate of drug-likeness (QED) is 0.0645. The largest absolute Gasteiger partial charge is 0.756 e. The Kier molecular flexibility index (Phi) is 25.0. The fourth-order valence-corrected chi connectivity index (χ4v) is 7.16. The number of hydrogen-bond donors (Lipinski definition) is 1. The second-order valence-electron chi connectivity index (χ2n) is 16.3. The van der Waals surface area contributed by atoms with E-state index in [-0.39, 0.29) is 35.9 Å². The summed E-state index contributed by atoms with van der Waals surface area (Å²) in [5.74, 6) is 1.73. The third kappa shape index (κ3) is 30.4. The fourth-order valence-electron chi connectivity index (χ4n) is 6.21. The SMILES string of the molecule is CC(COP(=O)([O-])OCC(C)CC(C)(C)C)CC(C)(C)C.CCCCCCCCCCCCCCCCCCc1[nH]cc[n+]1C. The van der Waals surface area contributed by atoms with Crippen molar-refractivity contribution in [1.82, 2.24) is 4.98 Å². The first-order valence-electron chi connectivity index (χ1n) is 18.7. The van der Waals surface area contributed by atoms with Gasteiger partial charge in [-0.3, -0.25) is 4.57 Å². The maximum Gasteiger partial charge on any atom is 0.267 e. The van der Waals surface area contributed by atoms with E-state index < -0.39 is 7.82 Å². The zero-order valence-electron chi connectivity index (χ0n) is 31.7. The highest BCUT2D eigenvalue weighted by molar-refractivity contribution is 7.45. The molecule has 0 amide bonds. The molecule has 0 aliphatic heterocycles. The van der Waals surface area contributed by atoms with Crippen LogP contribution in [0.25, 0.3) is 0 Å². The van der Waals surface area contributed by atoms with Crippen molar-refractivity contribution in [3.8, 4) is 0 Å². The summed E-state index contributed by atoms with van der Waals surface area (Å²) in [4.78, 5) is 15.1. The summed E-state index contributed by atoms with van der Waals surface area (Å²) >= 11 is 0. The van der Waals surface area contributed by atoms with Gasteiger partial charge in [0, 0.05) is 6.42 Å². The minimum absolute atomic E-state index is 0.164. The van der Waals surface area contributed by atoms with E-state index in [1.807, 2.05) is 20.0 Å². The van der Waals surface area contributed by atoms with Gasteiger partial charge in [-0.1, -0.05) is 159 Å². The van der Waals surface area contributed by atoms with Gasteiger partial charge in [-0.05, 0) is 41.9 Å². The van der Waals surface area contributed by atoms with E-state index in [9.17, 15) is 9.46 Å². The molecule has 1 aromatic rings. The van der Waals surface area contributed by atoms with Crippen molar-refractivity contribution >= 4 is 7.82 Å². The van der Waals surface area contributed by atoms with E-state index in [0.717, 1.165) is 12.8 Å². The second kappa shape index (κ2) is 25.4. The Bertz CT molecular complexity index is 829. The van der Waals surface area contributed by atoms with Crippen molar-refractivity contribution in [2.45, 2.75) is 184 Å². The molecule has 0 aliphatic carbocycles. The molecule has 1 N–H and O–H groups in total. The summed E-state index contributed by atoms with van der Waals surface area (Å²) in [6.07, 6.45) is 30.2. The van der Waals surface area contributed by atoms with Gasteiger partial charge in [0.25, 0.3) is 13.6 Å². The summed E-state index contributed by atoms with van der Waals surface area (Å²) in [5, 5.41) is 0. The van der Waals surface area contributed by atoms with Crippen LogP contribution in [0.4, 0.5) is 0 Å². The number of nitrogens with one attached hydrogen (secondary N) is 1. The van der Waals surface area contributed by atoms with Crippen molar-refractivity contribution in [2.24, 2.45) is 29.7 Å². The molecule has 0 saturated heterocycles. The van der Waals surface area contributed by atoms with Gasteiger partial charge in [0.1, 0.15) is 12.4 Å². The number of phosphoric ester groups is 1. The van der Waals surface area contributed by atoms with Crippen molar-refractivity contribution in [1.29, 1.82) is 0 Å². The molecule has 0 aliphatic rings. The average molecular weight is 657 g/mol. The molecular formula is C38H77N2O4P. The number of unbranched alkanes of at least 4 members (excludes halogenated alkanes) is 15. The molecule has 0 aromatic carbocycles. The number of nitrogens with zero attached hydrogens (tertiary/aromatic N) is 1. The molecule has 1 aromatic heterocycles. The van der Waals surface area contributed by atoms with Crippen molar-refractivity contribution in [3.05, 3.63) is 18.2 Å². The first-order valence-corrected chi connectivity index (χ1v) is 20.1. The van der Waals surface area contributed by atoms with Gasteiger partial charge in [0.05, 0.1) is 20.3 Å². The second-order valence-corrected chi connectivity index (χ2v) is 17.8. The van der Waals surface area contributed by atoms with E-state index in [1.54, 1.807) is 0 Å². The summed E-state index contributed by atoms with van der Waals surface area (Å²) in [7, 11) is -2.06. The summed E-state index contributed by atoms with van der Waals surface area (Å²) in [6, 6.07) is 0. The zero-order chi connectivity index (χ0) is 34.2. The van der Waals surface area contributed by atoms with Gasteiger partial charge < -0.3 is 13.9 Å². The lowest BCUT2D eigenvalue weighted by molar-refractivity contribution is -0.677. The lowest BCUT2D eigenvalue weighted by Crippen LogP contribution is -2.30. The molecule has 0 spiro atoms. The van der Waals surface area contributed by atoms with Crippen LogP contribution in [0.1, 0.15) is 184 Å². The number of phosphoric acid groups is 1. The Morgan fingerprint density at radius 2 is 1.07 bits per heavy atom. The highest BCUT2D eigenvalue weighted by Crippen LogP contribution is 2.41. The number of imidazole rings is 1. The van der Waals surface area contributed by atoms with Crippen LogP contribution < -0.4 is 9.46 Å². The molecule has 2 atom stereocenters. The summed E-state index contributed by atoms with van der Waals surface area (Å²) < 4.78 is 23.9. The van der Waals surface area contributed by atoms with Crippen LogP contribution in [0.15, 0.2) is 12.4 Å². The number of aromatic nitrogens is 2. The predicted molar refractivity (Wildman–Crippen MR) is 191 cm³/mol. The highest BCUT2D eigenvalue weighted by Gasteiger charge is 2.20. The van der Waals surface area contributed by atoms with E-state index >= 15 is 0 Å². The molecule has 7 heteroatoms. The molecular weight excluding hydrogens is 579 g/mol. The predicted octanol–water partition coefficient (Wildman–Crippen LogP) is 11.3. The first-order chi connectivity index (χ1) is 21.0. The van der Waals surface area contributed by atoms with Crippen LogP contribution in [0.5, 0.6) is 0 Å². The Morgan fingerprint density at radius 3 is 1.38 bits per heavy atom. The third-order valence-electron chi connectivity index (χ3n) is 8.20. The topological polar surface area (TPSA) is 78.3 Å². The summed E-state index contributed by atoms with van der Waals surface area (Å²) in [5.41, 5.74) is 0.329. The molecule has 0 fully saturated rings. The van der Waals surface area contributed by atoms with Gasteiger partial charge in [-0.15, -0.1) is 0 Å². The zero-order valence-corrected chi connectivity index (χ0v) is 32.6. The van der Waals surface area contributed by atoms with Gasteiger partial charge in [-0.25, -0.2) is 9.55 Å². The molecule has 1 rings (SSSR count). The number of hydrogen-bond acceptors (Lipinski definition) is 4. The molecule has 0 saturated carbocycles. The van der Waals surface area contributed by atoms with Gasteiger partial charge in [0.2, 0.25) is 0 Å². The standard InChI is InChI=1S/C22H42N2.C16H35O4P/c1-3-4-5-6-7-8-9-10-11-12-13-14-15-16-17-18-19-22-23-20-21-24(22)2;1-13(9-15(3,4)5)11-19-21(17,18)20-12-14(2)10-16(6,7)8/h20-21H,3-19H2,1-2H3;13-14H,9-12H2,1-8H3,(H,17,18). The Hall–Kier alpha value is -0.680. The highest BCUT2D eigenvalue weighted by atomic mass is 31.2. The average Bonchev–Trinajstić information content (AvgIpc) is 3.33. The minimum Gasteiger partial charge on any atom is -0.756 e. The monoisotopic (exact) mass is 657 g/mol. The van der Waals surface area contributed by atoms with Gasteiger partial charge in [-0.2, -0.15) is 0 Å². The fraction of sp³-hybridized carbons (Fsp3) is 0.921. The maximum absolute atomic E-state index is 11.8. The molecule has 0 radical (unpaired) electrons. The molecule has 0 bridgehead atoms. The molecule has 45 heavy (non-hydrogen) atoms. The molecule has 6 nitrogen and oxygen atoms in total. The Morgan fingerprint density at radius 1 is 0.711 bits per heavy atom. The Balaban J connectivity index is 0.000000870. The van der Waals surface area contributed by atoms with Crippen molar-refractivity contribution in [3.63, 3.8) is 0 Å². The third-order valence-corrected chi connectivity index (χ3v) is 9.13. The summed E-state index contributed by atoms with van der Waals surface area (Å²) in [6.45, 7) is 19.4. The minimum atomic E-state index is -4.18. The lowest BCUT2D eigenvalue weighted by atomic mass is 9.86. The van der Waals surface area contributed by atoms with Crippen molar-refractivity contribution in [2.75, 3.05) is 13.2 Å². The maximum atomic E-state index is 11.8. The van der Waals surface area contributed by atoms with Crippen LogP contribution in [0.2, 0.25) is 0 Å². The van der Waals surface area contributed by atoms with E-state index in [0.29, 0.717) is 0 Å². The van der Waals surface area contributed by atoms with Crippen LogP contribution in [-0.2, 0) is 27.1 Å². The van der Waals surface area contributed by atoms with Crippen LogP contribution in [0.3, 0.4) is 0 Å². The first kappa shape index (κ1) is 44.3. The van der Waals surface area contributed by atoms with Crippen LogP contribution in [0, 0.1) is 22.7 Å². The number of aromatic amines is 1.